The van der Waals surface area contributed by atoms with Crippen LogP contribution in [0, 0.1) is 5.92 Å². The predicted molar refractivity (Wildman–Crippen MR) is 80.6 cm³/mol. The van der Waals surface area contributed by atoms with E-state index in [4.69, 9.17) is 10.5 Å². The van der Waals surface area contributed by atoms with Crippen LogP contribution in [0.3, 0.4) is 0 Å². The maximum absolute atomic E-state index is 12.0. The van der Waals surface area contributed by atoms with E-state index in [0.717, 1.165) is 5.56 Å². The average molecular weight is 311 g/mol. The molecule has 5 nitrogen and oxygen atoms in total. The van der Waals surface area contributed by atoms with Gasteiger partial charge in [-0.25, -0.2) is 4.39 Å². The Kier molecular flexibility index (Phi) is 7.52. The van der Waals surface area contributed by atoms with Crippen LogP contribution < -0.4 is 10.5 Å². The molecule has 2 atom stereocenters. The number of alkyl halides is 1. The summed E-state index contributed by atoms with van der Waals surface area (Å²) in [5, 5.41) is 9.26. The van der Waals surface area contributed by atoms with Crippen LogP contribution in [-0.2, 0) is 16.0 Å². The molecule has 1 aromatic carbocycles. The van der Waals surface area contributed by atoms with Gasteiger partial charge in [0.05, 0.1) is 12.0 Å². The maximum atomic E-state index is 12.0. The van der Waals surface area contributed by atoms with E-state index in [2.05, 4.69) is 0 Å². The number of aliphatic carboxylic acids is 1. The highest BCUT2D eigenvalue weighted by molar-refractivity contribution is 5.81. The van der Waals surface area contributed by atoms with Gasteiger partial charge in [0, 0.05) is 0 Å². The van der Waals surface area contributed by atoms with Gasteiger partial charge in [-0.1, -0.05) is 12.1 Å². The Bertz CT molecular complexity index is 489. The van der Waals surface area contributed by atoms with Crippen molar-refractivity contribution >= 4 is 11.8 Å². The highest BCUT2D eigenvalue weighted by Crippen LogP contribution is 2.19. The third kappa shape index (κ3) is 6.22. The molecule has 22 heavy (non-hydrogen) atoms. The summed E-state index contributed by atoms with van der Waals surface area (Å²) in [7, 11) is 0. The molecule has 3 N–H and O–H groups in total. The molecule has 2 unspecified atom stereocenters. The highest BCUT2D eigenvalue weighted by Gasteiger charge is 2.20. The van der Waals surface area contributed by atoms with Crippen LogP contribution in [0.4, 0.5) is 4.39 Å². The molecule has 0 bridgehead atoms. The topological polar surface area (TPSA) is 89.6 Å². The fraction of sp³-hybridized carbons (Fsp3) is 0.500. The highest BCUT2D eigenvalue weighted by atomic mass is 19.1. The third-order valence-electron chi connectivity index (χ3n) is 3.45. The van der Waals surface area contributed by atoms with Gasteiger partial charge < -0.3 is 15.6 Å². The number of rotatable bonds is 10. The van der Waals surface area contributed by atoms with E-state index in [-0.39, 0.29) is 12.4 Å². The van der Waals surface area contributed by atoms with Crippen molar-refractivity contribution < 1.29 is 23.8 Å². The minimum absolute atomic E-state index is 0.0000321. The summed E-state index contributed by atoms with van der Waals surface area (Å²) in [6.07, 6.45) is 1.05. The van der Waals surface area contributed by atoms with E-state index in [9.17, 15) is 19.1 Å². The molecule has 0 heterocycles. The number of carbonyl (C=O) groups is 2. The van der Waals surface area contributed by atoms with Gasteiger partial charge in [0.2, 0.25) is 0 Å². The van der Waals surface area contributed by atoms with Crippen LogP contribution in [0.5, 0.6) is 5.75 Å². The van der Waals surface area contributed by atoms with E-state index >= 15 is 0 Å². The molecule has 0 aliphatic carbocycles. The molecule has 1 aromatic rings. The summed E-state index contributed by atoms with van der Waals surface area (Å²) in [6, 6.07) is 6.28. The average Bonchev–Trinajstić information content (AvgIpc) is 2.49. The summed E-state index contributed by atoms with van der Waals surface area (Å²) >= 11 is 0. The molecule has 0 aliphatic heterocycles. The third-order valence-corrected chi connectivity index (χ3v) is 3.45. The predicted octanol–water partition coefficient (Wildman–Crippen LogP) is 1.97. The Morgan fingerprint density at radius 1 is 1.27 bits per heavy atom. The number of carbonyl (C=O) groups excluding carboxylic acids is 1. The van der Waals surface area contributed by atoms with Gasteiger partial charge in [0.1, 0.15) is 24.8 Å². The lowest BCUT2D eigenvalue weighted by Crippen LogP contribution is -2.30. The Balaban J connectivity index is 2.59. The molecule has 122 valence electrons. The van der Waals surface area contributed by atoms with E-state index in [1.165, 1.54) is 6.92 Å². The summed E-state index contributed by atoms with van der Waals surface area (Å²) in [5.74, 6) is -1.10. The molecule has 6 heteroatoms. The SMILES string of the molecule is CC(=O)C(N)CCC(Cc1ccc(OCCF)cc1)C(=O)O. The number of carboxylic acid groups (broad SMARTS) is 1. The van der Waals surface area contributed by atoms with Gasteiger partial charge in [0.25, 0.3) is 0 Å². The molecule has 0 saturated heterocycles. The molecular weight excluding hydrogens is 289 g/mol. The lowest BCUT2D eigenvalue weighted by Gasteiger charge is -2.15. The number of halogens is 1. The van der Waals surface area contributed by atoms with Crippen LogP contribution in [0.1, 0.15) is 25.3 Å². The number of hydrogen-bond donors (Lipinski definition) is 2. The molecule has 1 rings (SSSR count). The lowest BCUT2D eigenvalue weighted by atomic mass is 9.92. The van der Waals surface area contributed by atoms with Crippen LogP contribution in [-0.4, -0.2) is 36.2 Å². The van der Waals surface area contributed by atoms with Gasteiger partial charge in [-0.15, -0.1) is 0 Å². The van der Waals surface area contributed by atoms with Crippen molar-refractivity contribution in [2.75, 3.05) is 13.3 Å². The van der Waals surface area contributed by atoms with Crippen molar-refractivity contribution in [3.8, 4) is 5.75 Å². The van der Waals surface area contributed by atoms with Crippen LogP contribution >= 0.6 is 0 Å². The van der Waals surface area contributed by atoms with Gasteiger partial charge >= 0.3 is 5.97 Å². The normalized spacial score (nSPS) is 13.4. The van der Waals surface area contributed by atoms with E-state index in [1.807, 2.05) is 0 Å². The molecule has 0 amide bonds. The second-order valence-corrected chi connectivity index (χ2v) is 5.22. The molecule has 0 spiro atoms. The standard InChI is InChI=1S/C16H22FNO4/c1-11(19)15(18)7-4-13(16(20)21)10-12-2-5-14(6-3-12)22-9-8-17/h2-3,5-6,13,15H,4,7-10,18H2,1H3,(H,20,21). The number of ketones is 1. The number of Topliss-reactive ketones (excluding diaryl/α,β-unsaturated/α-hetero) is 1. The molecular formula is C16H22FNO4. The summed E-state index contributed by atoms with van der Waals surface area (Å²) in [4.78, 5) is 22.4. The first-order chi connectivity index (χ1) is 10.4. The largest absolute Gasteiger partial charge is 0.491 e. The second kappa shape index (κ2) is 9.15. The zero-order valence-electron chi connectivity index (χ0n) is 12.6. The van der Waals surface area contributed by atoms with E-state index in [0.29, 0.717) is 25.0 Å². The number of hydrogen-bond acceptors (Lipinski definition) is 4. The summed E-state index contributed by atoms with van der Waals surface area (Å²) in [6.45, 7) is 0.843. The Hall–Kier alpha value is -1.95. The van der Waals surface area contributed by atoms with Gasteiger partial charge in [0.15, 0.2) is 0 Å². The van der Waals surface area contributed by atoms with Crippen molar-refractivity contribution in [1.82, 2.24) is 0 Å². The second-order valence-electron chi connectivity index (χ2n) is 5.22. The van der Waals surface area contributed by atoms with Gasteiger partial charge in [-0.05, 0) is 43.9 Å². The molecule has 0 fully saturated rings. The first-order valence-electron chi connectivity index (χ1n) is 7.20. The van der Waals surface area contributed by atoms with E-state index in [1.54, 1.807) is 24.3 Å². The number of ether oxygens (including phenoxy) is 1. The number of nitrogens with two attached hydrogens (primary N) is 1. The molecule has 0 aliphatic rings. The van der Waals surface area contributed by atoms with Gasteiger partial charge in [-0.2, -0.15) is 0 Å². The quantitative estimate of drug-likeness (QED) is 0.689. The monoisotopic (exact) mass is 311 g/mol. The first kappa shape index (κ1) is 18.1. The van der Waals surface area contributed by atoms with Crippen molar-refractivity contribution in [3.05, 3.63) is 29.8 Å². The van der Waals surface area contributed by atoms with E-state index < -0.39 is 24.6 Å². The number of carboxylic acids is 1. The smallest absolute Gasteiger partial charge is 0.306 e. The molecule has 0 radical (unpaired) electrons. The van der Waals surface area contributed by atoms with Crippen LogP contribution in [0.15, 0.2) is 24.3 Å². The summed E-state index contributed by atoms with van der Waals surface area (Å²) in [5.41, 5.74) is 6.48. The minimum atomic E-state index is -0.909. The van der Waals surface area contributed by atoms with Crippen LogP contribution in [0.25, 0.3) is 0 Å². The zero-order valence-corrected chi connectivity index (χ0v) is 12.6. The number of benzene rings is 1. The zero-order chi connectivity index (χ0) is 16.5. The maximum Gasteiger partial charge on any atom is 0.306 e. The van der Waals surface area contributed by atoms with Crippen molar-refractivity contribution in [2.24, 2.45) is 11.7 Å². The van der Waals surface area contributed by atoms with Crippen molar-refractivity contribution in [3.63, 3.8) is 0 Å². The van der Waals surface area contributed by atoms with Crippen molar-refractivity contribution in [1.29, 1.82) is 0 Å². The minimum Gasteiger partial charge on any atom is -0.491 e. The lowest BCUT2D eigenvalue weighted by molar-refractivity contribution is -0.142. The van der Waals surface area contributed by atoms with Gasteiger partial charge in [-0.3, -0.25) is 9.59 Å². The Labute approximate surface area is 129 Å². The first-order valence-corrected chi connectivity index (χ1v) is 7.20. The summed E-state index contributed by atoms with van der Waals surface area (Å²) < 4.78 is 17.1. The molecule has 0 aromatic heterocycles. The van der Waals surface area contributed by atoms with Crippen molar-refractivity contribution in [2.45, 2.75) is 32.2 Å². The Morgan fingerprint density at radius 3 is 2.41 bits per heavy atom. The fourth-order valence-electron chi connectivity index (χ4n) is 2.06. The molecule has 0 saturated carbocycles. The fourth-order valence-corrected chi connectivity index (χ4v) is 2.06. The van der Waals surface area contributed by atoms with Crippen LogP contribution in [0.2, 0.25) is 0 Å². The Morgan fingerprint density at radius 2 is 1.91 bits per heavy atom.